The van der Waals surface area contributed by atoms with Gasteiger partial charge in [0.15, 0.2) is 0 Å². The maximum Gasteiger partial charge on any atom is 0.258 e. The van der Waals surface area contributed by atoms with Crippen molar-refractivity contribution >= 4 is 49.0 Å². The number of nitrogens with zero attached hydrogens (tertiary/aromatic N) is 2. The Morgan fingerprint density at radius 3 is 1.12 bits per heavy atom. The molecule has 0 radical (unpaired) electrons. The molecule has 8 aromatic carbocycles. The molecule has 0 aromatic heterocycles. The molecular formula is C51H44N2O3. The topological polar surface area (TPSA) is 64.0 Å². The van der Waals surface area contributed by atoms with Crippen molar-refractivity contribution in [2.24, 2.45) is 0 Å². The van der Waals surface area contributed by atoms with Crippen LogP contribution in [-0.4, -0.2) is 38.5 Å². The number of benzene rings is 8. The zero-order valence-electron chi connectivity index (χ0n) is 31.2. The number of carbonyl (C=O) groups is 1. The molecule has 0 bridgehead atoms. The highest BCUT2D eigenvalue weighted by Crippen LogP contribution is 2.43. The van der Waals surface area contributed by atoms with Gasteiger partial charge in [-0.3, -0.25) is 20.3 Å². The molecule has 0 spiro atoms. The van der Waals surface area contributed by atoms with Gasteiger partial charge in [-0.15, -0.1) is 0 Å². The Labute approximate surface area is 327 Å². The molecule has 8 aromatic rings. The third kappa shape index (κ3) is 6.29. The summed E-state index contributed by atoms with van der Waals surface area (Å²) in [7, 11) is 0. The summed E-state index contributed by atoms with van der Waals surface area (Å²) in [6.45, 7) is 4.62. The largest absolute Gasteiger partial charge is 0.288 e. The van der Waals surface area contributed by atoms with Crippen LogP contribution in [0, 0.1) is 0 Å². The number of amides is 1. The standard InChI is InChI=1S/C51H44N2O3/c1-34(49(43-28-12-20-35-16-2-6-24-39(35)43)44-29-13-21-36-17-3-7-25-40(36)44)52(55)47-32-10-11-33-48(47)53(56)51(54)50(45-30-14-22-37-18-4-8-26-41(37)45)46-31-15-23-38-19-5-9-27-42(38)46/h2-9,12-31,47-50,55-56H,1,10-11,32-33H2/t47-,48-/m1/s1. The predicted molar refractivity (Wildman–Crippen MR) is 227 cm³/mol. The maximum atomic E-state index is 15.2. The van der Waals surface area contributed by atoms with Gasteiger partial charge in [-0.05, 0) is 78.2 Å². The van der Waals surface area contributed by atoms with E-state index in [0.29, 0.717) is 18.5 Å². The Morgan fingerprint density at radius 2 is 0.750 bits per heavy atom. The summed E-state index contributed by atoms with van der Waals surface area (Å²) in [5.74, 6) is -1.63. The predicted octanol–water partition coefficient (Wildman–Crippen LogP) is 12.0. The minimum absolute atomic E-state index is 0.415. The summed E-state index contributed by atoms with van der Waals surface area (Å²) in [6.07, 6.45) is 2.77. The first-order chi connectivity index (χ1) is 27.5. The molecule has 0 aliphatic heterocycles. The second kappa shape index (κ2) is 15.1. The lowest BCUT2D eigenvalue weighted by molar-refractivity contribution is -0.203. The lowest BCUT2D eigenvalue weighted by atomic mass is 9.81. The number of carbonyl (C=O) groups excluding carboxylic acids is 1. The summed E-state index contributed by atoms with van der Waals surface area (Å²) >= 11 is 0. The van der Waals surface area contributed by atoms with E-state index < -0.39 is 29.8 Å². The first-order valence-corrected chi connectivity index (χ1v) is 19.6. The number of hydroxylamine groups is 4. The molecule has 0 unspecified atom stereocenters. The van der Waals surface area contributed by atoms with Crippen LogP contribution in [0.5, 0.6) is 0 Å². The lowest BCUT2D eigenvalue weighted by Crippen LogP contribution is -2.54. The van der Waals surface area contributed by atoms with E-state index in [2.05, 4.69) is 91.5 Å². The Kier molecular flexibility index (Phi) is 9.56. The molecule has 56 heavy (non-hydrogen) atoms. The molecule has 1 fully saturated rings. The molecule has 0 saturated heterocycles. The van der Waals surface area contributed by atoms with Crippen LogP contribution in [-0.2, 0) is 4.79 Å². The molecule has 9 rings (SSSR count). The fraction of sp³-hybridized carbons (Fsp3) is 0.157. The molecule has 1 amide bonds. The molecule has 2 N–H and O–H groups in total. The summed E-state index contributed by atoms with van der Waals surface area (Å²) in [5.41, 5.74) is 4.20. The average Bonchev–Trinajstić information content (AvgIpc) is 3.26. The smallest absolute Gasteiger partial charge is 0.258 e. The van der Waals surface area contributed by atoms with Crippen LogP contribution in [0.15, 0.2) is 182 Å². The molecule has 276 valence electrons. The van der Waals surface area contributed by atoms with Crippen LogP contribution in [0.4, 0.5) is 0 Å². The summed E-state index contributed by atoms with van der Waals surface area (Å²) in [4.78, 5) is 15.2. The lowest BCUT2D eigenvalue weighted by Gasteiger charge is -2.43. The van der Waals surface area contributed by atoms with Crippen molar-refractivity contribution in [3.8, 4) is 0 Å². The van der Waals surface area contributed by atoms with E-state index in [9.17, 15) is 10.4 Å². The molecular weight excluding hydrogens is 689 g/mol. The number of hydrogen-bond donors (Lipinski definition) is 2. The minimum atomic E-state index is -0.797. The number of rotatable bonds is 9. The van der Waals surface area contributed by atoms with Gasteiger partial charge in [0.05, 0.1) is 23.9 Å². The van der Waals surface area contributed by atoms with Crippen molar-refractivity contribution in [2.45, 2.75) is 49.6 Å². The molecule has 1 aliphatic carbocycles. The van der Waals surface area contributed by atoms with Crippen molar-refractivity contribution < 1.29 is 15.2 Å². The third-order valence-electron chi connectivity index (χ3n) is 12.0. The van der Waals surface area contributed by atoms with Crippen LogP contribution in [0.2, 0.25) is 0 Å². The van der Waals surface area contributed by atoms with Crippen molar-refractivity contribution in [1.82, 2.24) is 10.1 Å². The van der Waals surface area contributed by atoms with E-state index in [1.54, 1.807) is 0 Å². The van der Waals surface area contributed by atoms with E-state index in [1.165, 1.54) is 5.06 Å². The van der Waals surface area contributed by atoms with Gasteiger partial charge < -0.3 is 0 Å². The van der Waals surface area contributed by atoms with Crippen molar-refractivity contribution in [3.05, 3.63) is 204 Å². The Bertz CT molecular complexity index is 2370. The van der Waals surface area contributed by atoms with E-state index >= 15 is 4.79 Å². The fourth-order valence-electron chi connectivity index (χ4n) is 9.27. The zero-order chi connectivity index (χ0) is 38.2. The minimum Gasteiger partial charge on any atom is -0.288 e. The van der Waals surface area contributed by atoms with Gasteiger partial charge in [-0.2, -0.15) is 0 Å². The summed E-state index contributed by atoms with van der Waals surface area (Å²) < 4.78 is 0. The SMILES string of the molecule is C=C(C(c1cccc2ccccc12)c1cccc2ccccc12)N(O)[C@@H]1CCCC[C@H]1N(O)C(=O)C(c1cccc2ccccc12)c1cccc2ccccc12. The second-order valence-corrected chi connectivity index (χ2v) is 15.1. The van der Waals surface area contributed by atoms with Gasteiger partial charge in [0.1, 0.15) is 0 Å². The van der Waals surface area contributed by atoms with E-state index in [1.807, 2.05) is 84.9 Å². The molecule has 5 heteroatoms. The highest BCUT2D eigenvalue weighted by Gasteiger charge is 2.41. The van der Waals surface area contributed by atoms with Gasteiger partial charge in [0, 0.05) is 5.70 Å². The molecule has 0 heterocycles. The van der Waals surface area contributed by atoms with Crippen molar-refractivity contribution in [1.29, 1.82) is 0 Å². The Morgan fingerprint density at radius 1 is 0.446 bits per heavy atom. The van der Waals surface area contributed by atoms with Gasteiger partial charge in [-0.1, -0.05) is 189 Å². The van der Waals surface area contributed by atoms with E-state index in [4.69, 9.17) is 0 Å². The monoisotopic (exact) mass is 732 g/mol. The molecule has 2 atom stereocenters. The number of fused-ring (bicyclic) bond motifs is 4. The number of hydrogen-bond acceptors (Lipinski definition) is 4. The van der Waals surface area contributed by atoms with Gasteiger partial charge in [-0.25, -0.2) is 5.06 Å². The van der Waals surface area contributed by atoms with Crippen LogP contribution >= 0.6 is 0 Å². The quantitative estimate of drug-likeness (QED) is 0.115. The van der Waals surface area contributed by atoms with Gasteiger partial charge >= 0.3 is 0 Å². The highest BCUT2D eigenvalue weighted by molar-refractivity contribution is 5.99. The van der Waals surface area contributed by atoms with Crippen molar-refractivity contribution in [2.75, 3.05) is 0 Å². The highest BCUT2D eigenvalue weighted by atomic mass is 16.5. The van der Waals surface area contributed by atoms with Crippen LogP contribution in [0.1, 0.15) is 59.8 Å². The third-order valence-corrected chi connectivity index (χ3v) is 12.0. The maximum absolute atomic E-state index is 15.2. The molecule has 1 aliphatic rings. The van der Waals surface area contributed by atoms with E-state index in [0.717, 1.165) is 83.2 Å². The van der Waals surface area contributed by atoms with Gasteiger partial charge in [0.2, 0.25) is 0 Å². The Balaban J connectivity index is 1.13. The molecule has 1 saturated carbocycles. The normalized spacial score (nSPS) is 15.9. The fourth-order valence-corrected chi connectivity index (χ4v) is 9.27. The first kappa shape index (κ1) is 35.4. The van der Waals surface area contributed by atoms with Crippen LogP contribution in [0.3, 0.4) is 0 Å². The van der Waals surface area contributed by atoms with Crippen LogP contribution < -0.4 is 0 Å². The van der Waals surface area contributed by atoms with Crippen LogP contribution in [0.25, 0.3) is 43.1 Å². The van der Waals surface area contributed by atoms with Crippen molar-refractivity contribution in [3.63, 3.8) is 0 Å². The van der Waals surface area contributed by atoms with Gasteiger partial charge in [0.25, 0.3) is 5.91 Å². The summed E-state index contributed by atoms with van der Waals surface area (Å²) in [5, 5.41) is 35.4. The number of allylic oxidation sites excluding steroid dienone is 1. The van der Waals surface area contributed by atoms with E-state index in [-0.39, 0.29) is 0 Å². The average molecular weight is 733 g/mol. The zero-order valence-corrected chi connectivity index (χ0v) is 31.2. The Hall–Kier alpha value is -6.27. The first-order valence-electron chi connectivity index (χ1n) is 19.6. The second-order valence-electron chi connectivity index (χ2n) is 15.1. The molecule has 5 nitrogen and oxygen atoms in total. The summed E-state index contributed by atoms with van der Waals surface area (Å²) in [6, 6.07) is 56.1.